The van der Waals surface area contributed by atoms with E-state index in [4.69, 9.17) is 9.47 Å². The molecule has 1 N–H and O–H groups in total. The van der Waals surface area contributed by atoms with Gasteiger partial charge in [0.05, 0.1) is 24.9 Å². The van der Waals surface area contributed by atoms with Crippen molar-refractivity contribution in [2.45, 2.75) is 13.0 Å². The number of carboxylic acid groups (broad SMARTS) is 1. The molecule has 2 aliphatic heterocycles. The number of benzene rings is 3. The zero-order valence-electron chi connectivity index (χ0n) is 25.0. The molecule has 3 aromatic carbocycles. The molecule has 0 aliphatic carbocycles. The van der Waals surface area contributed by atoms with Crippen molar-refractivity contribution in [2.24, 2.45) is 0 Å². The minimum Gasteiger partial charge on any atom is -0.491 e. The van der Waals surface area contributed by atoms with Crippen molar-refractivity contribution in [3.63, 3.8) is 0 Å². The molecule has 45 heavy (non-hydrogen) atoms. The van der Waals surface area contributed by atoms with Crippen molar-refractivity contribution in [3.05, 3.63) is 96.4 Å². The molecule has 11 nitrogen and oxygen atoms in total. The van der Waals surface area contributed by atoms with Crippen molar-refractivity contribution in [1.29, 1.82) is 0 Å². The number of imidazole rings is 1. The van der Waals surface area contributed by atoms with E-state index in [0.29, 0.717) is 30.2 Å². The Morgan fingerprint density at radius 2 is 1.64 bits per heavy atom. The summed E-state index contributed by atoms with van der Waals surface area (Å²) in [7, 11) is 0. The summed E-state index contributed by atoms with van der Waals surface area (Å²) in [6, 6.07) is 24.0. The predicted molar refractivity (Wildman–Crippen MR) is 168 cm³/mol. The summed E-state index contributed by atoms with van der Waals surface area (Å²) in [6.45, 7) is 4.97. The van der Waals surface area contributed by atoms with Crippen LogP contribution in [0.25, 0.3) is 16.9 Å². The first-order valence-electron chi connectivity index (χ1n) is 15.0. The van der Waals surface area contributed by atoms with Crippen LogP contribution in [0.4, 0.5) is 10.5 Å². The zero-order chi connectivity index (χ0) is 31.3. The van der Waals surface area contributed by atoms with E-state index in [2.05, 4.69) is 22.0 Å². The summed E-state index contributed by atoms with van der Waals surface area (Å²) in [6.07, 6.45) is 0.621. The predicted octanol–water partition coefficient (Wildman–Crippen LogP) is 4.46. The molecule has 232 valence electrons. The van der Waals surface area contributed by atoms with Crippen molar-refractivity contribution in [2.75, 3.05) is 57.4 Å². The Bertz CT molecular complexity index is 1670. The monoisotopic (exact) mass is 609 g/mol. The van der Waals surface area contributed by atoms with E-state index >= 15 is 0 Å². The molecule has 0 saturated carbocycles. The quantitative estimate of drug-likeness (QED) is 0.291. The van der Waals surface area contributed by atoms with Gasteiger partial charge in [0.1, 0.15) is 18.7 Å². The highest BCUT2D eigenvalue weighted by molar-refractivity contribution is 5.99. The normalized spacial score (nSPS) is 16.8. The number of anilines is 1. The van der Waals surface area contributed by atoms with E-state index in [1.54, 1.807) is 35.5 Å². The highest BCUT2D eigenvalue weighted by atomic mass is 16.5. The number of hydrogen-bond donors (Lipinski definition) is 1. The number of ether oxygens (including phenoxy) is 2. The Morgan fingerprint density at radius 3 is 2.36 bits per heavy atom. The molecule has 4 aromatic rings. The van der Waals surface area contributed by atoms with Gasteiger partial charge in [-0.05, 0) is 49.4 Å². The Balaban J connectivity index is 1.32. The molecule has 2 saturated heterocycles. The van der Waals surface area contributed by atoms with Crippen LogP contribution < -0.4 is 9.64 Å². The van der Waals surface area contributed by atoms with Gasteiger partial charge in [0.25, 0.3) is 5.91 Å². The third-order valence-corrected chi connectivity index (χ3v) is 8.22. The van der Waals surface area contributed by atoms with Crippen LogP contribution >= 0.6 is 0 Å². The molecule has 0 unspecified atom stereocenters. The minimum atomic E-state index is -1.05. The maximum absolute atomic E-state index is 14.3. The van der Waals surface area contributed by atoms with Crippen LogP contribution in [0.5, 0.6) is 5.75 Å². The molecule has 0 radical (unpaired) electrons. The number of hydrogen-bond acceptors (Lipinski definition) is 7. The lowest BCUT2D eigenvalue weighted by atomic mass is 10.1. The summed E-state index contributed by atoms with van der Waals surface area (Å²) in [5.41, 5.74) is 4.26. The van der Waals surface area contributed by atoms with E-state index in [-0.39, 0.29) is 43.6 Å². The number of piperazine rings is 1. The summed E-state index contributed by atoms with van der Waals surface area (Å²) in [5.74, 6) is 0.168. The number of Topliss-reactive ketones (excluding diaryl/α,β-unsaturated/α-hetero) is 1. The van der Waals surface area contributed by atoms with Gasteiger partial charge < -0.3 is 29.3 Å². The van der Waals surface area contributed by atoms with Crippen LogP contribution in [0.15, 0.2) is 85.2 Å². The average Bonchev–Trinajstić information content (AvgIpc) is 3.53. The minimum absolute atomic E-state index is 0.0517. The fourth-order valence-electron chi connectivity index (χ4n) is 5.79. The third kappa shape index (κ3) is 6.53. The molecule has 2 aliphatic rings. The van der Waals surface area contributed by atoms with Crippen molar-refractivity contribution < 1.29 is 29.0 Å². The number of nitrogens with zero attached hydrogens (tertiary/aromatic N) is 5. The summed E-state index contributed by atoms with van der Waals surface area (Å²) in [4.78, 5) is 47.8. The van der Waals surface area contributed by atoms with Gasteiger partial charge in [-0.15, -0.1) is 0 Å². The van der Waals surface area contributed by atoms with Gasteiger partial charge in [-0.25, -0.2) is 9.78 Å². The number of carbonyl (C=O) groups excluding carboxylic acids is 2. The lowest BCUT2D eigenvalue weighted by Gasteiger charge is -2.40. The second kappa shape index (κ2) is 13.2. The summed E-state index contributed by atoms with van der Waals surface area (Å²) in [5, 5.41) is 9.73. The lowest BCUT2D eigenvalue weighted by molar-refractivity contribution is 0.0337. The first kappa shape index (κ1) is 29.9. The summed E-state index contributed by atoms with van der Waals surface area (Å²) >= 11 is 0. The van der Waals surface area contributed by atoms with Crippen molar-refractivity contribution in [1.82, 2.24) is 19.4 Å². The molecule has 3 heterocycles. The molecule has 2 fully saturated rings. The van der Waals surface area contributed by atoms with E-state index in [0.717, 1.165) is 30.0 Å². The molecule has 0 spiro atoms. The first-order valence-corrected chi connectivity index (χ1v) is 15.0. The number of carbonyl (C=O) groups is 3. The van der Waals surface area contributed by atoms with Gasteiger partial charge in [-0.3, -0.25) is 14.2 Å². The van der Waals surface area contributed by atoms with Crippen LogP contribution in [0.2, 0.25) is 0 Å². The fourth-order valence-corrected chi connectivity index (χ4v) is 5.79. The Labute approximate surface area is 261 Å². The molecular formula is C34H35N5O6. The SMILES string of the molecule is CC(=O)c1ccc(OC[C@@H]2CN(C(=O)O)CCN2C(=O)c2ncn(-c3cccc(N4CCOCC4)c3)c2-c2ccccc2)cc1. The zero-order valence-corrected chi connectivity index (χ0v) is 25.0. The van der Waals surface area contributed by atoms with Crippen LogP contribution in [-0.2, 0) is 4.74 Å². The number of morpholine rings is 1. The van der Waals surface area contributed by atoms with E-state index in [1.165, 1.54) is 11.8 Å². The van der Waals surface area contributed by atoms with Gasteiger partial charge >= 0.3 is 6.09 Å². The molecule has 1 aromatic heterocycles. The molecule has 0 bridgehead atoms. The second-order valence-electron chi connectivity index (χ2n) is 11.1. The molecular weight excluding hydrogens is 574 g/mol. The number of ketones is 1. The van der Waals surface area contributed by atoms with E-state index in [1.807, 2.05) is 47.0 Å². The van der Waals surface area contributed by atoms with Gasteiger partial charge in [0, 0.05) is 55.2 Å². The standard InChI is InChI=1S/C34H35N5O6/c1-24(40)25-10-12-30(13-11-25)45-22-29-21-37(34(42)43)14-15-38(29)33(41)31-32(26-6-3-2-4-7-26)39(23-35-31)28-9-5-8-27(20-28)36-16-18-44-19-17-36/h2-13,20,23,29H,14-19,21-22H2,1H3,(H,42,43)/t29-/m0/s1. The lowest BCUT2D eigenvalue weighted by Crippen LogP contribution is -2.58. The van der Waals surface area contributed by atoms with Crippen LogP contribution in [0.3, 0.4) is 0 Å². The maximum atomic E-state index is 14.3. The van der Waals surface area contributed by atoms with E-state index in [9.17, 15) is 19.5 Å². The Hall–Kier alpha value is -5.16. The molecule has 6 rings (SSSR count). The second-order valence-corrected chi connectivity index (χ2v) is 11.1. The number of amides is 2. The largest absolute Gasteiger partial charge is 0.491 e. The average molecular weight is 610 g/mol. The first-order chi connectivity index (χ1) is 21.9. The number of aromatic nitrogens is 2. The molecule has 11 heteroatoms. The Morgan fingerprint density at radius 1 is 0.911 bits per heavy atom. The maximum Gasteiger partial charge on any atom is 0.407 e. The topological polar surface area (TPSA) is 117 Å². The third-order valence-electron chi connectivity index (χ3n) is 8.22. The van der Waals surface area contributed by atoms with Crippen molar-refractivity contribution in [3.8, 4) is 22.7 Å². The van der Waals surface area contributed by atoms with Gasteiger partial charge in [0.2, 0.25) is 0 Å². The van der Waals surface area contributed by atoms with Gasteiger partial charge in [-0.2, -0.15) is 0 Å². The highest BCUT2D eigenvalue weighted by Crippen LogP contribution is 2.30. The van der Waals surface area contributed by atoms with Crippen LogP contribution in [0, 0.1) is 0 Å². The Kier molecular flexibility index (Phi) is 8.79. The van der Waals surface area contributed by atoms with Gasteiger partial charge in [0.15, 0.2) is 11.5 Å². The summed E-state index contributed by atoms with van der Waals surface area (Å²) < 4.78 is 13.5. The van der Waals surface area contributed by atoms with Gasteiger partial charge in [-0.1, -0.05) is 36.4 Å². The highest BCUT2D eigenvalue weighted by Gasteiger charge is 2.36. The van der Waals surface area contributed by atoms with Crippen LogP contribution in [0.1, 0.15) is 27.8 Å². The van der Waals surface area contributed by atoms with Crippen molar-refractivity contribution >= 4 is 23.5 Å². The molecule has 2 amide bonds. The smallest absolute Gasteiger partial charge is 0.407 e. The number of rotatable bonds is 8. The van der Waals surface area contributed by atoms with Crippen LogP contribution in [-0.4, -0.2) is 101 Å². The fraction of sp³-hybridized carbons (Fsp3) is 0.294. The van der Waals surface area contributed by atoms with E-state index < -0.39 is 12.1 Å². The molecule has 1 atom stereocenters.